The molecule has 2 unspecified atom stereocenters. The van der Waals surface area contributed by atoms with Crippen molar-refractivity contribution in [1.29, 1.82) is 0 Å². The van der Waals surface area contributed by atoms with E-state index < -0.39 is 29.6 Å². The summed E-state index contributed by atoms with van der Waals surface area (Å²) in [5.74, 6) is -2.32. The minimum Gasteiger partial charge on any atom is -0.343 e. The van der Waals surface area contributed by atoms with Gasteiger partial charge in [0.1, 0.15) is 11.5 Å². The van der Waals surface area contributed by atoms with Gasteiger partial charge in [-0.25, -0.2) is 9.87 Å². The van der Waals surface area contributed by atoms with Gasteiger partial charge in [0.05, 0.1) is 6.04 Å². The molecule has 2 atom stereocenters. The fourth-order valence-electron chi connectivity index (χ4n) is 4.37. The minimum absolute atomic E-state index is 0.139. The smallest absolute Gasteiger partial charge is 0.251 e. The van der Waals surface area contributed by atoms with Crippen molar-refractivity contribution in [2.75, 3.05) is 5.32 Å². The Morgan fingerprint density at radius 2 is 1.72 bits per heavy atom. The number of amides is 3. The molecule has 200 valence electrons. The number of rotatable bonds is 10. The highest BCUT2D eigenvalue weighted by molar-refractivity contribution is 5.94. The van der Waals surface area contributed by atoms with Gasteiger partial charge in [0.15, 0.2) is 0 Å². The van der Waals surface area contributed by atoms with E-state index in [2.05, 4.69) is 26.0 Å². The number of benzene rings is 3. The van der Waals surface area contributed by atoms with Crippen LogP contribution in [0.15, 0.2) is 79.0 Å². The zero-order chi connectivity index (χ0) is 27.8. The number of nitrogens with zero attached hydrogens (tertiary/aromatic N) is 2. The number of aromatic nitrogens is 3. The molecule has 0 aliphatic carbocycles. The molecule has 0 saturated carbocycles. The first kappa shape index (κ1) is 27.1. The Morgan fingerprint density at radius 3 is 2.38 bits per heavy atom. The summed E-state index contributed by atoms with van der Waals surface area (Å²) in [4.78, 5) is 36.8. The third-order valence-corrected chi connectivity index (χ3v) is 6.13. The quantitative estimate of drug-likeness (QED) is 0.156. The number of anilines is 1. The highest BCUT2D eigenvalue weighted by atomic mass is 19.1. The van der Waals surface area contributed by atoms with Crippen LogP contribution in [0, 0.1) is 11.7 Å². The van der Waals surface area contributed by atoms with Crippen molar-refractivity contribution >= 4 is 23.4 Å². The molecule has 4 rings (SSSR count). The summed E-state index contributed by atoms with van der Waals surface area (Å²) < 4.78 is 13.4. The minimum atomic E-state index is -0.773. The van der Waals surface area contributed by atoms with Crippen LogP contribution in [-0.4, -0.2) is 38.3 Å². The number of hydroxylamine groups is 1. The van der Waals surface area contributed by atoms with Crippen LogP contribution in [0.4, 0.5) is 10.1 Å². The van der Waals surface area contributed by atoms with Gasteiger partial charge >= 0.3 is 0 Å². The van der Waals surface area contributed by atoms with E-state index in [9.17, 15) is 24.0 Å². The molecule has 4 aromatic rings. The molecule has 39 heavy (non-hydrogen) atoms. The van der Waals surface area contributed by atoms with Crippen molar-refractivity contribution in [1.82, 2.24) is 26.2 Å². The molecular formula is C28H27FN6O4. The number of carbonyl (C=O) groups excluding carboxylic acids is 3. The molecule has 3 aromatic carbocycles. The van der Waals surface area contributed by atoms with Gasteiger partial charge in [0, 0.05) is 30.8 Å². The first-order valence-electron chi connectivity index (χ1n) is 12.1. The van der Waals surface area contributed by atoms with Crippen LogP contribution in [0.3, 0.4) is 0 Å². The van der Waals surface area contributed by atoms with E-state index in [-0.39, 0.29) is 17.9 Å². The number of nitrogens with one attached hydrogen (secondary N) is 4. The molecule has 11 heteroatoms. The molecule has 0 radical (unpaired) electrons. The maximum atomic E-state index is 13.4. The third-order valence-electron chi connectivity index (χ3n) is 6.13. The Morgan fingerprint density at radius 1 is 1.00 bits per heavy atom. The predicted molar refractivity (Wildman–Crippen MR) is 141 cm³/mol. The Bertz CT molecular complexity index is 1440. The van der Waals surface area contributed by atoms with Crippen LogP contribution in [0.1, 0.15) is 41.0 Å². The van der Waals surface area contributed by atoms with Gasteiger partial charge in [-0.15, -0.1) is 5.10 Å². The lowest BCUT2D eigenvalue weighted by molar-refractivity contribution is -0.130. The number of hydrogen-bond acceptors (Lipinski definition) is 6. The molecule has 10 nitrogen and oxygen atoms in total. The van der Waals surface area contributed by atoms with E-state index in [4.69, 9.17) is 0 Å². The molecule has 0 fully saturated rings. The summed E-state index contributed by atoms with van der Waals surface area (Å²) in [5.41, 5.74) is 5.57. The standard InChI is InChI=1S/C28H27FN6O4/c1-17(36)31-24-7-3-6-21(14-24)20-5-2-4-18(12-20)13-22(15-26(37)34-39)27(25-16-30-35-33-25)32-28(38)19-8-10-23(29)11-9-19/h2-12,14,16,22,27,39H,13,15H2,1H3,(H,31,36)(H,32,38)(H,34,37)(H,30,33,35). The Hall–Kier alpha value is -4.90. The summed E-state index contributed by atoms with van der Waals surface area (Å²) in [7, 11) is 0. The molecule has 1 heterocycles. The van der Waals surface area contributed by atoms with Crippen LogP contribution in [0.25, 0.3) is 11.1 Å². The average molecular weight is 531 g/mol. The fourth-order valence-corrected chi connectivity index (χ4v) is 4.37. The van der Waals surface area contributed by atoms with E-state index in [1.165, 1.54) is 37.4 Å². The summed E-state index contributed by atoms with van der Waals surface area (Å²) in [5, 5.41) is 25.3. The average Bonchev–Trinajstić information content (AvgIpc) is 3.46. The van der Waals surface area contributed by atoms with Crippen LogP contribution in [-0.2, 0) is 16.0 Å². The number of halogens is 1. The van der Waals surface area contributed by atoms with Gasteiger partial charge in [-0.1, -0.05) is 41.6 Å². The van der Waals surface area contributed by atoms with Gasteiger partial charge in [-0.3, -0.25) is 24.7 Å². The number of carbonyl (C=O) groups is 3. The van der Waals surface area contributed by atoms with Crippen molar-refractivity contribution < 1.29 is 24.0 Å². The van der Waals surface area contributed by atoms with Gasteiger partial charge in [-0.2, -0.15) is 0 Å². The van der Waals surface area contributed by atoms with E-state index in [1.807, 2.05) is 42.5 Å². The van der Waals surface area contributed by atoms with Crippen molar-refractivity contribution in [2.45, 2.75) is 25.8 Å². The molecule has 3 amide bonds. The second-order valence-corrected chi connectivity index (χ2v) is 9.02. The fraction of sp³-hybridized carbons (Fsp3) is 0.179. The maximum absolute atomic E-state index is 13.4. The lowest BCUT2D eigenvalue weighted by Gasteiger charge is -2.26. The van der Waals surface area contributed by atoms with Gasteiger partial charge in [-0.05, 0) is 65.4 Å². The van der Waals surface area contributed by atoms with Crippen LogP contribution >= 0.6 is 0 Å². The lowest BCUT2D eigenvalue weighted by atomic mass is 9.86. The molecule has 5 N–H and O–H groups in total. The van der Waals surface area contributed by atoms with Crippen LogP contribution in [0.5, 0.6) is 0 Å². The Kier molecular flexibility index (Phi) is 8.75. The van der Waals surface area contributed by atoms with E-state index in [0.29, 0.717) is 17.8 Å². The third kappa shape index (κ3) is 7.33. The summed E-state index contributed by atoms with van der Waals surface area (Å²) in [6, 6.07) is 19.4. The Balaban J connectivity index is 1.64. The topological polar surface area (TPSA) is 149 Å². The maximum Gasteiger partial charge on any atom is 0.251 e. The molecule has 1 aromatic heterocycles. The summed E-state index contributed by atoms with van der Waals surface area (Å²) >= 11 is 0. The number of H-pyrrole nitrogens is 1. The lowest BCUT2D eigenvalue weighted by Crippen LogP contribution is -2.37. The van der Waals surface area contributed by atoms with E-state index in [1.54, 1.807) is 11.5 Å². The predicted octanol–water partition coefficient (Wildman–Crippen LogP) is 3.79. The molecule has 0 spiro atoms. The zero-order valence-corrected chi connectivity index (χ0v) is 21.0. The van der Waals surface area contributed by atoms with Gasteiger partial charge in [0.25, 0.3) is 5.91 Å². The van der Waals surface area contributed by atoms with Crippen LogP contribution < -0.4 is 16.1 Å². The molecular weight excluding hydrogens is 503 g/mol. The summed E-state index contributed by atoms with van der Waals surface area (Å²) in [6.45, 7) is 1.44. The molecule has 0 saturated heterocycles. The van der Waals surface area contributed by atoms with E-state index in [0.717, 1.165) is 16.7 Å². The highest BCUT2D eigenvalue weighted by Crippen LogP contribution is 2.30. The van der Waals surface area contributed by atoms with Gasteiger partial charge in [0.2, 0.25) is 11.8 Å². The number of hydrogen-bond donors (Lipinski definition) is 5. The van der Waals surface area contributed by atoms with Crippen LogP contribution in [0.2, 0.25) is 0 Å². The van der Waals surface area contributed by atoms with E-state index >= 15 is 0 Å². The zero-order valence-electron chi connectivity index (χ0n) is 21.0. The number of aromatic amines is 1. The van der Waals surface area contributed by atoms with Crippen molar-refractivity contribution in [3.05, 3.63) is 102 Å². The highest BCUT2D eigenvalue weighted by Gasteiger charge is 2.30. The Labute approximate surface area is 223 Å². The van der Waals surface area contributed by atoms with Crippen molar-refractivity contribution in [3.8, 4) is 11.1 Å². The first-order chi connectivity index (χ1) is 18.8. The summed E-state index contributed by atoms with van der Waals surface area (Å²) in [6.07, 6.45) is 1.71. The van der Waals surface area contributed by atoms with Crippen molar-refractivity contribution in [3.63, 3.8) is 0 Å². The molecule has 0 aliphatic rings. The normalized spacial score (nSPS) is 12.3. The SMILES string of the molecule is CC(=O)Nc1cccc(-c2cccc(CC(CC(=O)NO)C(NC(=O)c3ccc(F)cc3)c3c[nH]nn3)c2)c1. The van der Waals surface area contributed by atoms with Crippen molar-refractivity contribution in [2.24, 2.45) is 5.92 Å². The first-order valence-corrected chi connectivity index (χ1v) is 12.1. The molecule has 0 bridgehead atoms. The van der Waals surface area contributed by atoms with Gasteiger partial charge < -0.3 is 10.6 Å². The second-order valence-electron chi connectivity index (χ2n) is 9.02. The second kappa shape index (κ2) is 12.6. The monoisotopic (exact) mass is 530 g/mol. The molecule has 0 aliphatic heterocycles. The largest absolute Gasteiger partial charge is 0.343 e.